The van der Waals surface area contributed by atoms with Crippen LogP contribution in [0.1, 0.15) is 0 Å². The Labute approximate surface area is 317 Å². The molecule has 0 atom stereocenters. The molecule has 0 saturated heterocycles. The van der Waals surface area contributed by atoms with Gasteiger partial charge in [-0.05, 0) is 89.3 Å². The third-order valence-corrected chi connectivity index (χ3v) is 11.6. The third-order valence-electron chi connectivity index (χ3n) is 11.6. The topological polar surface area (TPSA) is 14.8 Å². The van der Waals surface area contributed by atoms with Gasteiger partial charge in [0, 0.05) is 49.1 Å². The predicted octanol–water partition coefficient (Wildman–Crippen LogP) is 13.8. The molecule has 12 rings (SSSR count). The van der Waals surface area contributed by atoms with Crippen molar-refractivity contribution in [2.45, 2.75) is 0 Å². The van der Waals surface area contributed by atoms with Crippen LogP contribution >= 0.6 is 0 Å². The Morgan fingerprint density at radius 1 is 0.273 bits per heavy atom. The molecule has 256 valence electrons. The summed E-state index contributed by atoms with van der Waals surface area (Å²) in [5, 5.41) is 9.97. The van der Waals surface area contributed by atoms with Crippen molar-refractivity contribution in [2.24, 2.45) is 0 Å². The van der Waals surface area contributed by atoms with Crippen LogP contribution in [0.25, 0.3) is 104 Å². The van der Waals surface area contributed by atoms with Crippen molar-refractivity contribution in [1.29, 1.82) is 0 Å². The molecular weight excluding hydrogens is 667 g/mol. The monoisotopic (exact) mass is 699 g/mol. The summed E-state index contributed by atoms with van der Waals surface area (Å²) in [5.41, 5.74) is 13.1. The van der Waals surface area contributed by atoms with E-state index in [1.54, 1.807) is 0 Å². The molecule has 3 heterocycles. The van der Waals surface area contributed by atoms with E-state index in [1.165, 1.54) is 98.7 Å². The molecule has 3 nitrogen and oxygen atoms in total. The summed E-state index contributed by atoms with van der Waals surface area (Å²) < 4.78 is 7.34. The number of para-hydroxylation sites is 4. The van der Waals surface area contributed by atoms with Crippen LogP contribution in [-0.2, 0) is 0 Å². The van der Waals surface area contributed by atoms with Gasteiger partial charge in [0.2, 0.25) is 0 Å². The molecule has 0 amide bonds. The smallest absolute Gasteiger partial charge is 0.0641 e. The molecule has 0 saturated carbocycles. The van der Waals surface area contributed by atoms with Crippen molar-refractivity contribution in [3.63, 3.8) is 0 Å². The van der Waals surface area contributed by atoms with E-state index in [0.29, 0.717) is 0 Å². The summed E-state index contributed by atoms with van der Waals surface area (Å²) in [7, 11) is 0. The Balaban J connectivity index is 1.20. The second-order valence-electron chi connectivity index (χ2n) is 14.5. The molecule has 0 aliphatic rings. The summed E-state index contributed by atoms with van der Waals surface area (Å²) in [4.78, 5) is 0. The van der Waals surface area contributed by atoms with E-state index in [9.17, 15) is 0 Å². The minimum Gasteiger partial charge on any atom is -0.309 e. The van der Waals surface area contributed by atoms with Crippen LogP contribution in [0, 0.1) is 0 Å². The zero-order valence-electron chi connectivity index (χ0n) is 29.9. The van der Waals surface area contributed by atoms with E-state index in [1.807, 2.05) is 0 Å². The molecule has 0 N–H and O–H groups in total. The van der Waals surface area contributed by atoms with Gasteiger partial charge in [-0.2, -0.15) is 0 Å². The quantitative estimate of drug-likeness (QED) is 0.174. The fraction of sp³-hybridized carbons (Fsp3) is 0. The number of aromatic nitrogens is 3. The van der Waals surface area contributed by atoms with Crippen molar-refractivity contribution in [3.05, 3.63) is 200 Å². The second kappa shape index (κ2) is 11.6. The minimum absolute atomic E-state index is 1.16. The van der Waals surface area contributed by atoms with Gasteiger partial charge in [-0.25, -0.2) is 0 Å². The lowest BCUT2D eigenvalue weighted by molar-refractivity contribution is 1.18. The van der Waals surface area contributed by atoms with E-state index < -0.39 is 0 Å². The largest absolute Gasteiger partial charge is 0.309 e. The average molecular weight is 700 g/mol. The highest BCUT2D eigenvalue weighted by atomic mass is 15.0. The highest BCUT2D eigenvalue weighted by Gasteiger charge is 2.22. The first kappa shape index (κ1) is 30.1. The SMILES string of the molecule is c1ccc(-n2c3ccccc3c3cc(-c4ccc5c(c4)c4c(ccc6c7ccccc7n(-c7ccccc7)c64)n5-c4cccc5ccccc45)ccc32)cc1. The average Bonchev–Trinajstić information content (AvgIpc) is 3.89. The Bertz CT molecular complexity index is 3470. The molecule has 9 aromatic carbocycles. The minimum atomic E-state index is 1.16. The fourth-order valence-corrected chi connectivity index (χ4v) is 9.26. The lowest BCUT2D eigenvalue weighted by Gasteiger charge is -2.12. The molecule has 12 aromatic rings. The lowest BCUT2D eigenvalue weighted by atomic mass is 10.00. The van der Waals surface area contributed by atoms with Crippen LogP contribution in [0.5, 0.6) is 0 Å². The predicted molar refractivity (Wildman–Crippen MR) is 232 cm³/mol. The second-order valence-corrected chi connectivity index (χ2v) is 14.5. The first-order chi connectivity index (χ1) is 27.3. The Morgan fingerprint density at radius 3 is 1.51 bits per heavy atom. The maximum Gasteiger partial charge on any atom is 0.0641 e. The summed E-state index contributed by atoms with van der Waals surface area (Å²) in [6.45, 7) is 0. The number of hydrogen-bond acceptors (Lipinski definition) is 0. The maximum atomic E-state index is 2.49. The molecule has 0 aliphatic heterocycles. The van der Waals surface area contributed by atoms with Gasteiger partial charge in [0.05, 0.1) is 38.8 Å². The van der Waals surface area contributed by atoms with Crippen molar-refractivity contribution in [2.75, 3.05) is 0 Å². The van der Waals surface area contributed by atoms with E-state index >= 15 is 0 Å². The fourth-order valence-electron chi connectivity index (χ4n) is 9.26. The van der Waals surface area contributed by atoms with Crippen LogP contribution in [0.4, 0.5) is 0 Å². The maximum absolute atomic E-state index is 2.49. The summed E-state index contributed by atoms with van der Waals surface area (Å²) >= 11 is 0. The molecule has 0 fully saturated rings. The normalized spacial score (nSPS) is 12.0. The van der Waals surface area contributed by atoms with Crippen LogP contribution in [0.2, 0.25) is 0 Å². The molecule has 0 bridgehead atoms. The molecular formula is C52H33N3. The van der Waals surface area contributed by atoms with Gasteiger partial charge in [-0.15, -0.1) is 0 Å². The number of fused-ring (bicyclic) bond motifs is 11. The van der Waals surface area contributed by atoms with E-state index in [2.05, 4.69) is 214 Å². The number of nitrogens with zero attached hydrogens (tertiary/aromatic N) is 3. The number of rotatable bonds is 4. The van der Waals surface area contributed by atoms with Crippen molar-refractivity contribution in [1.82, 2.24) is 13.7 Å². The molecule has 55 heavy (non-hydrogen) atoms. The lowest BCUT2D eigenvalue weighted by Crippen LogP contribution is -1.96. The van der Waals surface area contributed by atoms with E-state index in [-0.39, 0.29) is 0 Å². The van der Waals surface area contributed by atoms with Gasteiger partial charge >= 0.3 is 0 Å². The summed E-state index contributed by atoms with van der Waals surface area (Å²) in [5.74, 6) is 0. The van der Waals surface area contributed by atoms with Crippen molar-refractivity contribution in [3.8, 4) is 28.2 Å². The molecule has 3 aromatic heterocycles. The molecule has 0 unspecified atom stereocenters. The van der Waals surface area contributed by atoms with Gasteiger partial charge in [-0.3, -0.25) is 0 Å². The molecule has 0 radical (unpaired) electrons. The zero-order chi connectivity index (χ0) is 36.0. The van der Waals surface area contributed by atoms with E-state index in [0.717, 1.165) is 5.69 Å². The van der Waals surface area contributed by atoms with Crippen LogP contribution in [0.15, 0.2) is 200 Å². The van der Waals surface area contributed by atoms with Crippen LogP contribution in [-0.4, -0.2) is 13.7 Å². The summed E-state index contributed by atoms with van der Waals surface area (Å²) in [6, 6.07) is 73.2. The highest BCUT2D eigenvalue weighted by molar-refractivity contribution is 6.27. The van der Waals surface area contributed by atoms with Gasteiger partial charge in [0.15, 0.2) is 0 Å². The molecule has 0 spiro atoms. The van der Waals surface area contributed by atoms with Gasteiger partial charge in [0.1, 0.15) is 0 Å². The highest BCUT2D eigenvalue weighted by Crippen LogP contribution is 2.44. The van der Waals surface area contributed by atoms with Crippen molar-refractivity contribution < 1.29 is 0 Å². The Morgan fingerprint density at radius 2 is 0.782 bits per heavy atom. The van der Waals surface area contributed by atoms with Crippen LogP contribution in [0.3, 0.4) is 0 Å². The number of hydrogen-bond donors (Lipinski definition) is 0. The third kappa shape index (κ3) is 4.32. The molecule has 3 heteroatoms. The molecule has 0 aliphatic carbocycles. The van der Waals surface area contributed by atoms with Crippen molar-refractivity contribution >= 4 is 76.2 Å². The van der Waals surface area contributed by atoms with Crippen LogP contribution < -0.4 is 0 Å². The summed E-state index contributed by atoms with van der Waals surface area (Å²) in [6.07, 6.45) is 0. The van der Waals surface area contributed by atoms with Gasteiger partial charge < -0.3 is 13.7 Å². The van der Waals surface area contributed by atoms with E-state index in [4.69, 9.17) is 0 Å². The van der Waals surface area contributed by atoms with Gasteiger partial charge in [-0.1, -0.05) is 127 Å². The standard InChI is InChI=1S/C52H33N3/c1-3-16-37(17-4-1)53-46-23-11-10-22-41(46)43-32-35(26-29-48(43)53)36-27-30-49-44(33-36)51-50(55(49)45-25-13-15-34-14-7-8-20-39(34)45)31-28-42-40-21-9-12-24-47(40)54(52(42)51)38-18-5-2-6-19-38/h1-33H. The first-order valence-electron chi connectivity index (χ1n) is 18.9. The number of benzene rings is 9. The Kier molecular flexibility index (Phi) is 6.34. The Hall–Kier alpha value is -7.36. The van der Waals surface area contributed by atoms with Gasteiger partial charge in [0.25, 0.3) is 0 Å². The first-order valence-corrected chi connectivity index (χ1v) is 18.9. The zero-order valence-corrected chi connectivity index (χ0v) is 29.9.